The minimum absolute atomic E-state index is 0.0304. The molecule has 134 valence electrons. The van der Waals surface area contributed by atoms with Crippen molar-refractivity contribution in [2.45, 2.75) is 13.3 Å². The largest absolute Gasteiger partial charge is 0.493 e. The van der Waals surface area contributed by atoms with Crippen LogP contribution in [0.1, 0.15) is 18.2 Å². The molecule has 0 saturated carbocycles. The number of aromatic nitrogens is 4. The minimum Gasteiger partial charge on any atom is -0.493 e. The smallest absolute Gasteiger partial charge is 0.335 e. The van der Waals surface area contributed by atoms with Crippen molar-refractivity contribution in [2.75, 3.05) is 6.54 Å². The summed E-state index contributed by atoms with van der Waals surface area (Å²) in [4.78, 5) is 37.8. The molecule has 8 nitrogen and oxygen atoms in total. The number of hydrogen-bond acceptors (Lipinski definition) is 5. The van der Waals surface area contributed by atoms with Crippen LogP contribution in [-0.2, 0) is 6.42 Å². The van der Waals surface area contributed by atoms with Crippen LogP contribution in [0.25, 0.3) is 5.69 Å². The van der Waals surface area contributed by atoms with Crippen molar-refractivity contribution in [1.82, 2.24) is 19.5 Å². The lowest BCUT2D eigenvalue weighted by Crippen LogP contribution is -2.32. The average Bonchev–Trinajstić information content (AvgIpc) is 3.09. The zero-order chi connectivity index (χ0) is 18.7. The Kier molecular flexibility index (Phi) is 5.17. The molecule has 3 aromatic rings. The molecule has 0 bridgehead atoms. The van der Waals surface area contributed by atoms with Gasteiger partial charge in [-0.3, -0.25) is 14.8 Å². The number of halogens is 1. The van der Waals surface area contributed by atoms with Crippen molar-refractivity contribution >= 4 is 21.6 Å². The van der Waals surface area contributed by atoms with Gasteiger partial charge in [0, 0.05) is 35.0 Å². The van der Waals surface area contributed by atoms with E-state index in [1.165, 1.54) is 0 Å². The highest BCUT2D eigenvalue weighted by Gasteiger charge is 2.17. The molecule has 9 heteroatoms. The molecule has 26 heavy (non-hydrogen) atoms. The van der Waals surface area contributed by atoms with Gasteiger partial charge >= 0.3 is 5.69 Å². The summed E-state index contributed by atoms with van der Waals surface area (Å²) in [6.07, 6.45) is 3.89. The third kappa shape index (κ3) is 3.67. The Bertz CT molecular complexity index is 1050. The maximum absolute atomic E-state index is 12.2. The average molecular weight is 418 g/mol. The molecule has 2 heterocycles. The summed E-state index contributed by atoms with van der Waals surface area (Å²) in [5.74, 6) is -0.441. The van der Waals surface area contributed by atoms with E-state index >= 15 is 0 Å². The molecule has 0 atom stereocenters. The summed E-state index contributed by atoms with van der Waals surface area (Å²) >= 11 is 3.32. The first-order valence-corrected chi connectivity index (χ1v) is 8.59. The predicted molar refractivity (Wildman–Crippen MR) is 101 cm³/mol. The monoisotopic (exact) mass is 417 g/mol. The second kappa shape index (κ2) is 7.52. The Balaban J connectivity index is 1.99. The number of hydrogen-bond donors (Lipinski definition) is 3. The molecule has 0 aliphatic carbocycles. The third-order valence-electron chi connectivity index (χ3n) is 3.82. The van der Waals surface area contributed by atoms with Crippen molar-refractivity contribution in [3.8, 4) is 11.6 Å². The van der Waals surface area contributed by atoms with Crippen LogP contribution >= 0.6 is 15.9 Å². The molecule has 3 N–H and O–H groups in total. The fourth-order valence-electron chi connectivity index (χ4n) is 2.53. The Morgan fingerprint density at radius 1 is 1.31 bits per heavy atom. The molecule has 0 saturated heterocycles. The van der Waals surface area contributed by atoms with Gasteiger partial charge in [0.15, 0.2) is 0 Å². The van der Waals surface area contributed by atoms with E-state index in [-0.39, 0.29) is 5.56 Å². The molecule has 0 aliphatic heterocycles. The molecule has 2 aromatic heterocycles. The number of H-pyrrole nitrogens is 2. The molecule has 0 aliphatic rings. The Hall–Kier alpha value is -2.94. The number of aromatic amines is 2. The fourth-order valence-corrected chi connectivity index (χ4v) is 2.79. The van der Waals surface area contributed by atoms with Crippen molar-refractivity contribution in [2.24, 2.45) is 4.99 Å². The highest BCUT2D eigenvalue weighted by molar-refractivity contribution is 9.10. The molecular formula is C17H16BrN5O3. The van der Waals surface area contributed by atoms with Crippen LogP contribution in [0.15, 0.2) is 55.8 Å². The normalized spacial score (nSPS) is 11.7. The van der Waals surface area contributed by atoms with Gasteiger partial charge in [0.25, 0.3) is 5.56 Å². The van der Waals surface area contributed by atoms with Gasteiger partial charge in [-0.25, -0.2) is 14.3 Å². The SMILES string of the molecule is CC(=NCCc1cnc[nH]1)c1c(O)n(-c2ccc(Br)cc2)c(=O)[nH]c1=O. The van der Waals surface area contributed by atoms with Gasteiger partial charge in [-0.05, 0) is 31.2 Å². The van der Waals surface area contributed by atoms with Gasteiger partial charge in [-0.2, -0.15) is 0 Å². The van der Waals surface area contributed by atoms with Crippen molar-refractivity contribution in [3.63, 3.8) is 0 Å². The van der Waals surface area contributed by atoms with Gasteiger partial charge in [0.2, 0.25) is 5.88 Å². The van der Waals surface area contributed by atoms with Crippen LogP contribution in [-0.4, -0.2) is 36.9 Å². The first kappa shape index (κ1) is 17.9. The highest BCUT2D eigenvalue weighted by atomic mass is 79.9. The summed E-state index contributed by atoms with van der Waals surface area (Å²) in [5.41, 5.74) is 0.261. The third-order valence-corrected chi connectivity index (χ3v) is 4.35. The number of aliphatic imine (C=N–C) groups is 1. The lowest BCUT2D eigenvalue weighted by atomic mass is 10.2. The Labute approximate surface area is 156 Å². The lowest BCUT2D eigenvalue weighted by Gasteiger charge is -2.11. The van der Waals surface area contributed by atoms with Gasteiger partial charge in [-0.1, -0.05) is 15.9 Å². The first-order valence-electron chi connectivity index (χ1n) is 7.80. The van der Waals surface area contributed by atoms with E-state index in [9.17, 15) is 14.7 Å². The van der Waals surface area contributed by atoms with Crippen molar-refractivity contribution in [3.05, 3.63) is 73.4 Å². The summed E-state index contributed by atoms with van der Waals surface area (Å²) < 4.78 is 1.87. The highest BCUT2D eigenvalue weighted by Crippen LogP contribution is 2.19. The number of rotatable bonds is 5. The summed E-state index contributed by atoms with van der Waals surface area (Å²) in [5, 5.41) is 10.6. The van der Waals surface area contributed by atoms with E-state index < -0.39 is 17.1 Å². The molecule has 0 fully saturated rings. The Morgan fingerprint density at radius 3 is 2.69 bits per heavy atom. The second-order valence-corrected chi connectivity index (χ2v) is 6.48. The van der Waals surface area contributed by atoms with Crippen LogP contribution in [0.4, 0.5) is 0 Å². The number of nitrogens with one attached hydrogen (secondary N) is 2. The predicted octanol–water partition coefficient (Wildman–Crippen LogP) is 1.77. The summed E-state index contributed by atoms with van der Waals surface area (Å²) in [6.45, 7) is 2.03. The first-order chi connectivity index (χ1) is 12.5. The molecule has 0 unspecified atom stereocenters. The number of benzene rings is 1. The van der Waals surface area contributed by atoms with Crippen molar-refractivity contribution in [1.29, 1.82) is 0 Å². The topological polar surface area (TPSA) is 116 Å². The van der Waals surface area contributed by atoms with Gasteiger partial charge < -0.3 is 10.1 Å². The van der Waals surface area contributed by atoms with Crippen LogP contribution in [0.3, 0.4) is 0 Å². The van der Waals surface area contributed by atoms with Gasteiger partial charge in [0.05, 0.1) is 12.0 Å². The van der Waals surface area contributed by atoms with E-state index in [4.69, 9.17) is 0 Å². The molecular weight excluding hydrogens is 402 g/mol. The molecule has 0 radical (unpaired) electrons. The van der Waals surface area contributed by atoms with E-state index in [0.717, 1.165) is 14.7 Å². The van der Waals surface area contributed by atoms with E-state index in [1.54, 1.807) is 43.7 Å². The number of nitrogens with zero attached hydrogens (tertiary/aromatic N) is 3. The fraction of sp³-hybridized carbons (Fsp3) is 0.176. The quantitative estimate of drug-likeness (QED) is 0.548. The second-order valence-electron chi connectivity index (χ2n) is 5.56. The van der Waals surface area contributed by atoms with Crippen LogP contribution in [0.2, 0.25) is 0 Å². The van der Waals surface area contributed by atoms with Crippen molar-refractivity contribution < 1.29 is 5.11 Å². The molecule has 0 amide bonds. The lowest BCUT2D eigenvalue weighted by molar-refractivity contribution is 0.429. The molecule has 3 rings (SSSR count). The molecule has 1 aromatic carbocycles. The van der Waals surface area contributed by atoms with Crippen LogP contribution in [0, 0.1) is 0 Å². The Morgan fingerprint density at radius 2 is 2.04 bits per heavy atom. The maximum atomic E-state index is 12.2. The number of imidazole rings is 1. The van der Waals surface area contributed by atoms with Gasteiger partial charge in [-0.15, -0.1) is 0 Å². The van der Waals surface area contributed by atoms with E-state index in [0.29, 0.717) is 24.4 Å². The molecule has 0 spiro atoms. The zero-order valence-electron chi connectivity index (χ0n) is 13.9. The minimum atomic E-state index is -0.719. The number of aromatic hydroxyl groups is 1. The summed E-state index contributed by atoms with van der Waals surface area (Å²) in [7, 11) is 0. The summed E-state index contributed by atoms with van der Waals surface area (Å²) in [6, 6.07) is 6.77. The van der Waals surface area contributed by atoms with E-state index in [1.807, 2.05) is 0 Å². The van der Waals surface area contributed by atoms with Crippen LogP contribution < -0.4 is 11.2 Å². The maximum Gasteiger partial charge on any atom is 0.335 e. The zero-order valence-corrected chi connectivity index (χ0v) is 15.4. The van der Waals surface area contributed by atoms with Crippen LogP contribution in [0.5, 0.6) is 5.88 Å². The van der Waals surface area contributed by atoms with Gasteiger partial charge in [0.1, 0.15) is 5.56 Å². The standard InChI is InChI=1S/C17H16BrN5O3/c1-10(20-7-6-12-8-19-9-21-12)14-15(24)22-17(26)23(16(14)25)13-4-2-11(18)3-5-13/h2-5,8-9,25H,6-7H2,1H3,(H,19,21)(H,22,24,26). The van der Waals surface area contributed by atoms with E-state index in [2.05, 4.69) is 35.9 Å².